The van der Waals surface area contributed by atoms with Crippen molar-refractivity contribution in [3.8, 4) is 0 Å². The Morgan fingerprint density at radius 3 is 2.47 bits per heavy atom. The summed E-state index contributed by atoms with van der Waals surface area (Å²) < 4.78 is 0. The fraction of sp³-hybridized carbons (Fsp3) is 0.273. The van der Waals surface area contributed by atoms with Crippen LogP contribution in [0.4, 0.5) is 0 Å². The molecule has 1 unspecified atom stereocenters. The molecular weight excluding hydrogens is 244 g/mol. The maximum absolute atomic E-state index is 11.4. The number of carbonyl (C=O) groups is 2. The first-order valence-electron chi connectivity index (χ1n) is 4.97. The van der Waals surface area contributed by atoms with E-state index in [9.17, 15) is 9.59 Å². The van der Waals surface area contributed by atoms with E-state index in [-0.39, 0.29) is 31.3 Å². The van der Waals surface area contributed by atoms with Crippen LogP contribution in [0.5, 0.6) is 0 Å². The van der Waals surface area contributed by atoms with Gasteiger partial charge in [0.15, 0.2) is 0 Å². The fourth-order valence-electron chi connectivity index (χ4n) is 1.48. The Bertz CT molecular complexity index is 410. The average Bonchev–Trinajstić information content (AvgIpc) is 2.53. The van der Waals surface area contributed by atoms with Crippen molar-refractivity contribution in [1.29, 1.82) is 0 Å². The highest BCUT2D eigenvalue weighted by Crippen LogP contribution is 2.13. The number of hydrogen-bond donors (Lipinski definition) is 1. The molecule has 92 valence electrons. The Labute approximate surface area is 105 Å². The molecule has 1 aliphatic rings. The summed E-state index contributed by atoms with van der Waals surface area (Å²) in [7, 11) is 0. The third-order valence-electron chi connectivity index (χ3n) is 2.34. The lowest BCUT2D eigenvalue weighted by atomic mass is 10.2. The summed E-state index contributed by atoms with van der Waals surface area (Å²) in [6, 6.07) is 8.54. The fourth-order valence-corrected chi connectivity index (χ4v) is 1.48. The van der Waals surface area contributed by atoms with E-state index in [0.29, 0.717) is 0 Å². The van der Waals surface area contributed by atoms with Crippen molar-refractivity contribution in [2.45, 2.75) is 19.1 Å². The van der Waals surface area contributed by atoms with Gasteiger partial charge in [0.2, 0.25) is 0 Å². The number of halogens is 1. The number of rotatable bonds is 3. The molecule has 1 heterocycles. The van der Waals surface area contributed by atoms with Gasteiger partial charge in [-0.25, -0.2) is 0 Å². The molecule has 0 spiro atoms. The predicted molar refractivity (Wildman–Crippen MR) is 62.9 cm³/mol. The summed E-state index contributed by atoms with van der Waals surface area (Å²) in [6.07, 6.45) is 0.0215. The average molecular weight is 257 g/mol. The smallest absolute Gasteiger partial charge is 0.270 e. The normalized spacial score (nSPS) is 19.4. The van der Waals surface area contributed by atoms with Gasteiger partial charge >= 0.3 is 0 Å². The zero-order valence-corrected chi connectivity index (χ0v) is 9.85. The number of nitrogens with two attached hydrogens (primary N) is 1. The zero-order chi connectivity index (χ0) is 11.5. The van der Waals surface area contributed by atoms with Crippen molar-refractivity contribution in [3.05, 3.63) is 35.9 Å². The maximum atomic E-state index is 11.4. The Balaban J connectivity index is 0.00000144. The van der Waals surface area contributed by atoms with Crippen molar-refractivity contribution in [2.75, 3.05) is 0 Å². The second-order valence-electron chi connectivity index (χ2n) is 3.60. The zero-order valence-electron chi connectivity index (χ0n) is 9.04. The summed E-state index contributed by atoms with van der Waals surface area (Å²) >= 11 is 0. The summed E-state index contributed by atoms with van der Waals surface area (Å²) in [6.45, 7) is 0.186. The number of benzene rings is 1. The van der Waals surface area contributed by atoms with Crippen molar-refractivity contribution in [3.63, 3.8) is 0 Å². The molecular formula is C11H13ClN2O3. The van der Waals surface area contributed by atoms with E-state index in [0.717, 1.165) is 10.6 Å². The molecule has 5 nitrogen and oxygen atoms in total. The van der Waals surface area contributed by atoms with Crippen LogP contribution in [0.15, 0.2) is 30.3 Å². The molecule has 6 heteroatoms. The number of nitrogens with zero attached hydrogens (tertiary/aromatic N) is 1. The second-order valence-corrected chi connectivity index (χ2v) is 3.60. The highest BCUT2D eigenvalue weighted by Gasteiger charge is 2.37. The Kier molecular flexibility index (Phi) is 4.62. The second kappa shape index (κ2) is 5.77. The van der Waals surface area contributed by atoms with Gasteiger partial charge in [-0.1, -0.05) is 30.3 Å². The molecule has 1 aromatic rings. The van der Waals surface area contributed by atoms with Gasteiger partial charge in [-0.3, -0.25) is 14.4 Å². The van der Waals surface area contributed by atoms with E-state index in [4.69, 9.17) is 10.6 Å². The van der Waals surface area contributed by atoms with Gasteiger partial charge in [0.25, 0.3) is 11.8 Å². The van der Waals surface area contributed by atoms with Crippen LogP contribution in [0.25, 0.3) is 0 Å². The molecule has 1 fully saturated rings. The molecule has 2 rings (SSSR count). The molecule has 0 aromatic heterocycles. The van der Waals surface area contributed by atoms with Crippen LogP contribution < -0.4 is 5.73 Å². The topological polar surface area (TPSA) is 72.6 Å². The molecule has 1 saturated heterocycles. The van der Waals surface area contributed by atoms with Crippen LogP contribution >= 0.6 is 12.4 Å². The van der Waals surface area contributed by atoms with Crippen LogP contribution in [-0.4, -0.2) is 22.9 Å². The Morgan fingerprint density at radius 1 is 1.29 bits per heavy atom. The van der Waals surface area contributed by atoms with Gasteiger partial charge in [-0.2, -0.15) is 5.06 Å². The Hall–Kier alpha value is -1.43. The van der Waals surface area contributed by atoms with Crippen LogP contribution in [0.1, 0.15) is 12.0 Å². The van der Waals surface area contributed by atoms with Crippen molar-refractivity contribution < 1.29 is 14.4 Å². The van der Waals surface area contributed by atoms with E-state index in [1.807, 2.05) is 30.3 Å². The lowest BCUT2D eigenvalue weighted by molar-refractivity contribution is -0.191. The largest absolute Gasteiger partial charge is 0.319 e. The van der Waals surface area contributed by atoms with Crippen LogP contribution in [0.3, 0.4) is 0 Å². The predicted octanol–water partition coefficient (Wildman–Crippen LogP) is 0.626. The minimum atomic E-state index is -0.761. The molecule has 2 N–H and O–H groups in total. The number of imide groups is 1. The van der Waals surface area contributed by atoms with Gasteiger partial charge in [0, 0.05) is 0 Å². The van der Waals surface area contributed by atoms with E-state index < -0.39 is 11.9 Å². The third-order valence-corrected chi connectivity index (χ3v) is 2.34. The van der Waals surface area contributed by atoms with Crippen LogP contribution in [-0.2, 0) is 21.0 Å². The van der Waals surface area contributed by atoms with Gasteiger partial charge in [0.1, 0.15) is 6.61 Å². The molecule has 0 radical (unpaired) electrons. The number of hydroxylamine groups is 2. The quantitative estimate of drug-likeness (QED) is 0.805. The van der Waals surface area contributed by atoms with Crippen LogP contribution in [0, 0.1) is 0 Å². The van der Waals surface area contributed by atoms with Crippen molar-refractivity contribution in [1.82, 2.24) is 5.06 Å². The van der Waals surface area contributed by atoms with Gasteiger partial charge in [-0.15, -0.1) is 12.4 Å². The minimum Gasteiger partial charge on any atom is -0.319 e. The van der Waals surface area contributed by atoms with Crippen molar-refractivity contribution in [2.24, 2.45) is 5.73 Å². The molecule has 17 heavy (non-hydrogen) atoms. The highest BCUT2D eigenvalue weighted by atomic mass is 35.5. The van der Waals surface area contributed by atoms with Gasteiger partial charge in [-0.05, 0) is 5.56 Å². The van der Waals surface area contributed by atoms with E-state index in [1.165, 1.54) is 0 Å². The molecule has 1 atom stereocenters. The highest BCUT2D eigenvalue weighted by molar-refractivity contribution is 6.04. The summed E-state index contributed by atoms with van der Waals surface area (Å²) in [5.74, 6) is -0.852. The first-order valence-corrected chi connectivity index (χ1v) is 4.97. The third kappa shape index (κ3) is 3.03. The van der Waals surface area contributed by atoms with E-state index in [2.05, 4.69) is 0 Å². The summed E-state index contributed by atoms with van der Waals surface area (Å²) in [5, 5.41) is 0.762. The molecule has 0 saturated carbocycles. The molecule has 2 amide bonds. The summed E-state index contributed by atoms with van der Waals surface area (Å²) in [5.41, 5.74) is 6.33. The van der Waals surface area contributed by atoms with E-state index in [1.54, 1.807) is 0 Å². The maximum Gasteiger partial charge on any atom is 0.270 e. The Morgan fingerprint density at radius 2 is 1.94 bits per heavy atom. The standard InChI is InChI=1S/C11H12N2O3.ClH/c12-9-6-10(14)13(11(9)15)16-7-8-4-2-1-3-5-8;/h1-5,9H,6-7,12H2;1H. The lowest BCUT2D eigenvalue weighted by Crippen LogP contribution is -2.35. The lowest BCUT2D eigenvalue weighted by Gasteiger charge is -2.13. The molecule has 1 aromatic carbocycles. The number of hydrogen-bond acceptors (Lipinski definition) is 4. The van der Waals surface area contributed by atoms with Crippen molar-refractivity contribution >= 4 is 24.2 Å². The summed E-state index contributed by atoms with van der Waals surface area (Å²) in [4.78, 5) is 27.8. The molecule has 1 aliphatic heterocycles. The SMILES string of the molecule is Cl.NC1CC(=O)N(OCc2ccccc2)C1=O. The molecule has 0 aliphatic carbocycles. The first-order chi connectivity index (χ1) is 7.68. The van der Waals surface area contributed by atoms with Crippen LogP contribution in [0.2, 0.25) is 0 Å². The van der Waals surface area contributed by atoms with E-state index >= 15 is 0 Å². The molecule has 0 bridgehead atoms. The van der Waals surface area contributed by atoms with Gasteiger partial charge in [0.05, 0.1) is 12.5 Å². The van der Waals surface area contributed by atoms with Gasteiger partial charge < -0.3 is 5.73 Å². The number of amides is 2. The monoisotopic (exact) mass is 256 g/mol. The minimum absolute atomic E-state index is 0. The number of carbonyl (C=O) groups excluding carboxylic acids is 2. The first kappa shape index (κ1) is 13.6.